The fraction of sp³-hybridized carbons (Fsp3) is 0.889. The molecule has 0 spiro atoms. The number of nitrogens with one attached hydrogen (secondary N) is 1. The smallest absolute Gasteiger partial charge is 0.449 e. The van der Waals surface area contributed by atoms with Crippen molar-refractivity contribution in [3.63, 3.8) is 0 Å². The van der Waals surface area contributed by atoms with Gasteiger partial charge in [0, 0.05) is 6.54 Å². The van der Waals surface area contributed by atoms with E-state index in [-0.39, 0.29) is 13.0 Å². The number of rotatable bonds is 5. The molecule has 96 valence electrons. The summed E-state index contributed by atoms with van der Waals surface area (Å²) in [5.74, 6) is 0. The van der Waals surface area contributed by atoms with E-state index in [4.69, 9.17) is 4.74 Å². The fourth-order valence-corrected chi connectivity index (χ4v) is 1.01. The van der Waals surface area contributed by atoms with E-state index in [1.54, 1.807) is 20.8 Å². The predicted octanol–water partition coefficient (Wildman–Crippen LogP) is 3.14. The Morgan fingerprint density at radius 3 is 2.25 bits per heavy atom. The number of halogens is 3. The van der Waals surface area contributed by atoms with Gasteiger partial charge in [-0.15, -0.1) is 0 Å². The molecule has 1 N–H and O–H groups in total. The largest absolute Gasteiger partial charge is 0.478 e. The molecule has 7 heteroatoms. The van der Waals surface area contributed by atoms with Crippen LogP contribution in [-0.4, -0.2) is 25.2 Å². The van der Waals surface area contributed by atoms with E-state index < -0.39 is 25.0 Å². The molecule has 0 saturated carbocycles. The second-order valence-corrected chi connectivity index (χ2v) is 4.63. The molecule has 0 unspecified atom stereocenters. The van der Waals surface area contributed by atoms with Crippen molar-refractivity contribution in [1.29, 1.82) is 0 Å². The number of unbranched alkanes of at least 4 members (excludes halogenated alkanes) is 1. The summed E-state index contributed by atoms with van der Waals surface area (Å²) in [5.41, 5.74) is -0.584. The van der Waals surface area contributed by atoms with Gasteiger partial charge >= 0.3 is 13.1 Å². The van der Waals surface area contributed by atoms with Crippen LogP contribution in [-0.2, 0) is 4.74 Å². The minimum atomic E-state index is -4.70. The van der Waals surface area contributed by atoms with Crippen LogP contribution in [0.25, 0.3) is 0 Å². The standard InChI is InChI=1S/C9H18BF3NO2/c1-9(2,3)16-8(15)14-7-5-4-6-10(11,12)13/h4-7H2,1-3H3,(H,14,15)/q-1. The Hall–Kier alpha value is -0.875. The van der Waals surface area contributed by atoms with Crippen LogP contribution in [0.5, 0.6) is 0 Å². The number of hydrogen-bond acceptors (Lipinski definition) is 2. The second kappa shape index (κ2) is 6.01. The Morgan fingerprint density at radius 1 is 1.25 bits per heavy atom. The number of amides is 1. The third-order valence-electron chi connectivity index (χ3n) is 1.63. The van der Waals surface area contributed by atoms with Gasteiger partial charge in [-0.05, 0) is 27.2 Å². The molecule has 0 radical (unpaired) electrons. The number of ether oxygens (including phenoxy) is 1. The van der Waals surface area contributed by atoms with Crippen molar-refractivity contribution in [1.82, 2.24) is 5.32 Å². The maximum Gasteiger partial charge on any atom is 0.478 e. The molecule has 0 aliphatic rings. The summed E-state index contributed by atoms with van der Waals surface area (Å²) in [7, 11) is 0. The van der Waals surface area contributed by atoms with Crippen molar-refractivity contribution in [3.8, 4) is 0 Å². The van der Waals surface area contributed by atoms with Gasteiger partial charge in [0.1, 0.15) is 5.60 Å². The summed E-state index contributed by atoms with van der Waals surface area (Å²) < 4.78 is 40.4. The van der Waals surface area contributed by atoms with Crippen molar-refractivity contribution in [2.75, 3.05) is 6.54 Å². The van der Waals surface area contributed by atoms with Crippen molar-refractivity contribution >= 4 is 13.1 Å². The van der Waals surface area contributed by atoms with Crippen molar-refractivity contribution in [2.45, 2.75) is 45.5 Å². The first-order chi connectivity index (χ1) is 7.10. The first-order valence-electron chi connectivity index (χ1n) is 5.28. The summed E-state index contributed by atoms with van der Waals surface area (Å²) >= 11 is 0. The topological polar surface area (TPSA) is 38.3 Å². The average molecular weight is 240 g/mol. The van der Waals surface area contributed by atoms with Crippen LogP contribution < -0.4 is 5.32 Å². The molecule has 0 saturated heterocycles. The molecular formula is C9H18BF3NO2-. The highest BCUT2D eigenvalue weighted by atomic mass is 19.4. The summed E-state index contributed by atoms with van der Waals surface area (Å²) in [6.45, 7) is 0.669. The Morgan fingerprint density at radius 2 is 1.81 bits per heavy atom. The number of carbonyl (C=O) groups is 1. The van der Waals surface area contributed by atoms with Crippen LogP contribution in [0.1, 0.15) is 33.6 Å². The first kappa shape index (κ1) is 15.1. The van der Waals surface area contributed by atoms with Gasteiger partial charge in [-0.1, -0.05) is 12.7 Å². The molecular weight excluding hydrogens is 222 g/mol. The molecule has 0 aromatic rings. The summed E-state index contributed by atoms with van der Waals surface area (Å²) in [5, 5.41) is 2.40. The Labute approximate surface area is 93.8 Å². The highest BCUT2D eigenvalue weighted by Gasteiger charge is 2.21. The summed E-state index contributed by atoms with van der Waals surface area (Å²) in [6, 6.07) is 0. The van der Waals surface area contributed by atoms with E-state index in [0.717, 1.165) is 0 Å². The number of carbonyl (C=O) groups excluding carboxylic acids is 1. The van der Waals surface area contributed by atoms with Crippen LogP contribution in [0.2, 0.25) is 6.32 Å². The van der Waals surface area contributed by atoms with Crippen LogP contribution in [0.4, 0.5) is 17.7 Å². The summed E-state index contributed by atoms with van der Waals surface area (Å²) in [4.78, 5) is 11.1. The molecule has 0 bridgehead atoms. The maximum atomic E-state index is 11.8. The molecule has 0 fully saturated rings. The lowest BCUT2D eigenvalue weighted by molar-refractivity contribution is 0.0527. The number of hydrogen-bond donors (Lipinski definition) is 1. The lowest BCUT2D eigenvalue weighted by Crippen LogP contribution is -2.33. The van der Waals surface area contributed by atoms with Crippen molar-refractivity contribution < 1.29 is 22.5 Å². The Balaban J connectivity index is 3.50. The van der Waals surface area contributed by atoms with Crippen LogP contribution >= 0.6 is 0 Å². The molecule has 0 atom stereocenters. The van der Waals surface area contributed by atoms with Crippen molar-refractivity contribution in [3.05, 3.63) is 0 Å². The van der Waals surface area contributed by atoms with Gasteiger partial charge in [-0.2, -0.15) is 0 Å². The molecule has 0 aliphatic heterocycles. The third kappa shape index (κ3) is 11.2. The fourth-order valence-electron chi connectivity index (χ4n) is 1.01. The van der Waals surface area contributed by atoms with Gasteiger partial charge in [-0.25, -0.2) is 4.79 Å². The molecule has 0 aliphatic carbocycles. The van der Waals surface area contributed by atoms with Crippen LogP contribution in [0, 0.1) is 0 Å². The molecule has 16 heavy (non-hydrogen) atoms. The monoisotopic (exact) mass is 240 g/mol. The van der Waals surface area contributed by atoms with E-state index in [9.17, 15) is 17.7 Å². The molecule has 0 heterocycles. The normalized spacial score (nSPS) is 12.4. The minimum Gasteiger partial charge on any atom is -0.449 e. The molecule has 0 aromatic heterocycles. The number of alkyl carbamates (subject to hydrolysis) is 1. The Kier molecular flexibility index (Phi) is 5.68. The van der Waals surface area contributed by atoms with Gasteiger partial charge in [-0.3, -0.25) is 0 Å². The highest BCUT2D eigenvalue weighted by Crippen LogP contribution is 2.17. The van der Waals surface area contributed by atoms with E-state index in [1.165, 1.54) is 0 Å². The third-order valence-corrected chi connectivity index (χ3v) is 1.63. The van der Waals surface area contributed by atoms with Gasteiger partial charge in [0.2, 0.25) is 0 Å². The highest BCUT2D eigenvalue weighted by molar-refractivity contribution is 6.58. The molecule has 0 aromatic carbocycles. The molecule has 0 rings (SSSR count). The van der Waals surface area contributed by atoms with Crippen LogP contribution in [0.15, 0.2) is 0 Å². The SMILES string of the molecule is CC(C)(C)OC(=O)NCCCC[B-](F)(F)F. The molecule has 3 nitrogen and oxygen atoms in total. The molecule has 1 amide bonds. The Bertz CT molecular complexity index is 226. The van der Waals surface area contributed by atoms with E-state index in [0.29, 0.717) is 6.42 Å². The predicted molar refractivity (Wildman–Crippen MR) is 57.4 cm³/mol. The van der Waals surface area contributed by atoms with Gasteiger partial charge < -0.3 is 23.0 Å². The maximum absolute atomic E-state index is 11.8. The van der Waals surface area contributed by atoms with E-state index in [1.807, 2.05) is 0 Å². The zero-order valence-corrected chi connectivity index (χ0v) is 9.86. The first-order valence-corrected chi connectivity index (χ1v) is 5.28. The second-order valence-electron chi connectivity index (χ2n) is 4.63. The van der Waals surface area contributed by atoms with Gasteiger partial charge in [0.05, 0.1) is 0 Å². The lowest BCUT2D eigenvalue weighted by Gasteiger charge is -2.19. The quantitative estimate of drug-likeness (QED) is 0.592. The van der Waals surface area contributed by atoms with E-state index in [2.05, 4.69) is 5.32 Å². The van der Waals surface area contributed by atoms with Gasteiger partial charge in [0.15, 0.2) is 0 Å². The average Bonchev–Trinajstić information content (AvgIpc) is 1.97. The lowest BCUT2D eigenvalue weighted by atomic mass is 9.84. The zero-order valence-electron chi connectivity index (χ0n) is 9.86. The van der Waals surface area contributed by atoms with Crippen molar-refractivity contribution in [2.24, 2.45) is 0 Å². The summed E-state index contributed by atoms with van der Waals surface area (Å²) in [6.07, 6.45) is -1.000. The van der Waals surface area contributed by atoms with Crippen LogP contribution in [0.3, 0.4) is 0 Å². The minimum absolute atomic E-state index is 0.0410. The zero-order chi connectivity index (χ0) is 12.8. The van der Waals surface area contributed by atoms with Gasteiger partial charge in [0.25, 0.3) is 0 Å². The van der Waals surface area contributed by atoms with E-state index >= 15 is 0 Å².